The summed E-state index contributed by atoms with van der Waals surface area (Å²) >= 11 is 7.14. The molecule has 212 valence electrons. The fourth-order valence-electron chi connectivity index (χ4n) is 6.78. The smallest absolute Gasteiger partial charge is 0.195 e. The van der Waals surface area contributed by atoms with Crippen LogP contribution in [0.25, 0.3) is 44.2 Å². The number of hydrogen-bond acceptors (Lipinski definition) is 1. The maximum atomic E-state index is 14.3. The maximum absolute atomic E-state index is 14.3. The SMILES string of the molecule is CCCCCCCc1ccc(-c2ccc3c4c(cccc24)C2=C(c4ccc(Br)cc4)C(=O)C(c4ccc(Br)cc4)=C23)cc1. The van der Waals surface area contributed by atoms with Gasteiger partial charge in [0.1, 0.15) is 0 Å². The van der Waals surface area contributed by atoms with Crippen LogP contribution in [0.3, 0.4) is 0 Å². The van der Waals surface area contributed by atoms with Gasteiger partial charge in [-0.3, -0.25) is 4.79 Å². The van der Waals surface area contributed by atoms with E-state index in [0.29, 0.717) is 0 Å². The minimum Gasteiger partial charge on any atom is -0.289 e. The fourth-order valence-corrected chi connectivity index (χ4v) is 7.31. The highest BCUT2D eigenvalue weighted by molar-refractivity contribution is 9.10. The highest BCUT2D eigenvalue weighted by Gasteiger charge is 2.40. The number of Topliss-reactive ketones (excluding diaryl/α,β-unsaturated/α-hetero) is 1. The molecule has 0 unspecified atom stereocenters. The van der Waals surface area contributed by atoms with E-state index in [1.807, 2.05) is 48.5 Å². The van der Waals surface area contributed by atoms with Gasteiger partial charge in [0.05, 0.1) is 0 Å². The number of benzene rings is 5. The number of fused-ring (bicyclic) bond motifs is 3. The van der Waals surface area contributed by atoms with E-state index in [0.717, 1.165) is 59.9 Å². The first-order valence-electron chi connectivity index (χ1n) is 15.3. The molecule has 0 atom stereocenters. The molecule has 0 amide bonds. The minimum atomic E-state index is 0.0895. The van der Waals surface area contributed by atoms with Gasteiger partial charge in [0.2, 0.25) is 0 Å². The van der Waals surface area contributed by atoms with Crippen LogP contribution in [0, 0.1) is 0 Å². The lowest BCUT2D eigenvalue weighted by Gasteiger charge is -2.12. The number of halogens is 2. The Morgan fingerprint density at radius 3 is 1.65 bits per heavy atom. The molecule has 5 aromatic rings. The molecule has 5 aromatic carbocycles. The Labute approximate surface area is 270 Å². The van der Waals surface area contributed by atoms with Crippen molar-refractivity contribution in [1.82, 2.24) is 0 Å². The zero-order chi connectivity index (χ0) is 29.5. The van der Waals surface area contributed by atoms with Crippen molar-refractivity contribution >= 4 is 70.7 Å². The second-order valence-corrected chi connectivity index (χ2v) is 13.4. The van der Waals surface area contributed by atoms with Crippen molar-refractivity contribution in [1.29, 1.82) is 0 Å². The van der Waals surface area contributed by atoms with Crippen molar-refractivity contribution in [2.75, 3.05) is 0 Å². The predicted molar refractivity (Wildman–Crippen MR) is 189 cm³/mol. The Kier molecular flexibility index (Phi) is 7.80. The zero-order valence-electron chi connectivity index (χ0n) is 24.2. The van der Waals surface area contributed by atoms with Gasteiger partial charge in [-0.15, -0.1) is 0 Å². The number of unbranched alkanes of at least 4 members (excludes halogenated alkanes) is 4. The molecule has 3 heteroatoms. The first-order chi connectivity index (χ1) is 21.0. The summed E-state index contributed by atoms with van der Waals surface area (Å²) in [6.45, 7) is 2.27. The Bertz CT molecular complexity index is 1850. The summed E-state index contributed by atoms with van der Waals surface area (Å²) in [7, 11) is 0. The van der Waals surface area contributed by atoms with Crippen molar-refractivity contribution in [2.45, 2.75) is 45.4 Å². The van der Waals surface area contributed by atoms with Gasteiger partial charge in [0.25, 0.3) is 0 Å². The Balaban J connectivity index is 1.36. The van der Waals surface area contributed by atoms with E-state index in [-0.39, 0.29) is 5.78 Å². The quantitative estimate of drug-likeness (QED) is 0.141. The molecule has 0 spiro atoms. The summed E-state index contributed by atoms with van der Waals surface area (Å²) in [5.41, 5.74) is 11.7. The van der Waals surface area contributed by atoms with E-state index in [2.05, 4.69) is 93.4 Å². The lowest BCUT2D eigenvalue weighted by atomic mass is 9.90. The molecule has 2 aliphatic carbocycles. The van der Waals surface area contributed by atoms with Crippen LogP contribution < -0.4 is 0 Å². The number of hydrogen-bond donors (Lipinski definition) is 0. The van der Waals surface area contributed by atoms with Gasteiger partial charge in [-0.05, 0) is 86.8 Å². The zero-order valence-corrected chi connectivity index (χ0v) is 27.4. The van der Waals surface area contributed by atoms with Crippen molar-refractivity contribution in [2.24, 2.45) is 0 Å². The van der Waals surface area contributed by atoms with Crippen LogP contribution in [-0.2, 0) is 11.2 Å². The molecule has 0 radical (unpaired) electrons. The summed E-state index contributed by atoms with van der Waals surface area (Å²) in [5, 5.41) is 2.47. The lowest BCUT2D eigenvalue weighted by molar-refractivity contribution is -0.108. The molecule has 0 aliphatic heterocycles. The minimum absolute atomic E-state index is 0.0895. The monoisotopic (exact) mass is 686 g/mol. The molecule has 0 heterocycles. The fraction of sp³-hybridized carbons (Fsp3) is 0.175. The molecular formula is C40H32Br2O. The molecule has 43 heavy (non-hydrogen) atoms. The molecule has 1 nitrogen and oxygen atoms in total. The third-order valence-corrected chi connectivity index (χ3v) is 9.94. The third kappa shape index (κ3) is 5.07. The number of rotatable bonds is 9. The van der Waals surface area contributed by atoms with Crippen LogP contribution in [-0.4, -0.2) is 5.78 Å². The standard InChI is InChI=1S/C40H32Br2O/c1-2-3-4-5-6-8-25-11-13-26(14-12-25)31-23-24-34-37-32(31)9-7-10-33(37)38-35(27-15-19-29(41)20-16-27)40(43)36(39(34)38)28-17-21-30(42)22-18-28/h7,9-24H,2-6,8H2,1H3. The van der Waals surface area contributed by atoms with Gasteiger partial charge in [0.15, 0.2) is 5.78 Å². The molecule has 0 bridgehead atoms. The van der Waals surface area contributed by atoms with Gasteiger partial charge >= 0.3 is 0 Å². The van der Waals surface area contributed by atoms with E-state index in [4.69, 9.17) is 0 Å². The first-order valence-corrected chi connectivity index (χ1v) is 16.8. The highest BCUT2D eigenvalue weighted by atomic mass is 79.9. The van der Waals surface area contributed by atoms with Crippen LogP contribution in [0.2, 0.25) is 0 Å². The molecule has 0 fully saturated rings. The molecule has 0 saturated carbocycles. The summed E-state index contributed by atoms with van der Waals surface area (Å²) in [5.74, 6) is 0.0895. The van der Waals surface area contributed by atoms with Gasteiger partial charge in [-0.25, -0.2) is 0 Å². The predicted octanol–water partition coefficient (Wildman–Crippen LogP) is 12.0. The van der Waals surface area contributed by atoms with Crippen LogP contribution in [0.5, 0.6) is 0 Å². The molecule has 0 aromatic heterocycles. The highest BCUT2D eigenvalue weighted by Crippen LogP contribution is 2.57. The molecule has 2 aliphatic rings. The van der Waals surface area contributed by atoms with E-state index in [1.54, 1.807) is 0 Å². The summed E-state index contributed by atoms with van der Waals surface area (Å²) in [4.78, 5) is 14.3. The van der Waals surface area contributed by atoms with Crippen LogP contribution in [0.1, 0.15) is 66.8 Å². The number of carbonyl (C=O) groups is 1. The first kappa shape index (κ1) is 28.3. The Morgan fingerprint density at radius 1 is 0.512 bits per heavy atom. The van der Waals surface area contributed by atoms with Gasteiger partial charge in [-0.1, -0.05) is 143 Å². The Morgan fingerprint density at radius 2 is 1.05 bits per heavy atom. The average molecular weight is 689 g/mol. The van der Waals surface area contributed by atoms with Crippen LogP contribution >= 0.6 is 31.9 Å². The van der Waals surface area contributed by atoms with E-state index in [1.165, 1.54) is 59.6 Å². The summed E-state index contributed by atoms with van der Waals surface area (Å²) in [6.07, 6.45) is 7.66. The van der Waals surface area contributed by atoms with Crippen molar-refractivity contribution in [3.05, 3.63) is 140 Å². The Hall–Kier alpha value is -3.53. The second kappa shape index (κ2) is 11.9. The summed E-state index contributed by atoms with van der Waals surface area (Å²) in [6, 6.07) is 36.5. The largest absolute Gasteiger partial charge is 0.289 e. The normalized spacial score (nSPS) is 13.9. The lowest BCUT2D eigenvalue weighted by Crippen LogP contribution is -2.02. The van der Waals surface area contributed by atoms with Gasteiger partial charge in [0, 0.05) is 31.2 Å². The van der Waals surface area contributed by atoms with Gasteiger partial charge < -0.3 is 0 Å². The molecule has 7 rings (SSSR count). The van der Waals surface area contributed by atoms with E-state index < -0.39 is 0 Å². The topological polar surface area (TPSA) is 17.1 Å². The number of ketones is 1. The van der Waals surface area contributed by atoms with Gasteiger partial charge in [-0.2, -0.15) is 0 Å². The van der Waals surface area contributed by atoms with E-state index >= 15 is 0 Å². The molecular weight excluding hydrogens is 656 g/mol. The second-order valence-electron chi connectivity index (χ2n) is 11.6. The van der Waals surface area contributed by atoms with Crippen molar-refractivity contribution in [3.63, 3.8) is 0 Å². The van der Waals surface area contributed by atoms with Crippen LogP contribution in [0.15, 0.2) is 112 Å². The molecule has 0 N–H and O–H groups in total. The van der Waals surface area contributed by atoms with Crippen molar-refractivity contribution < 1.29 is 4.79 Å². The molecule has 0 saturated heterocycles. The number of allylic oxidation sites excluding steroid dienone is 4. The number of carbonyl (C=O) groups excluding carboxylic acids is 1. The number of aryl methyl sites for hydroxylation is 1. The van der Waals surface area contributed by atoms with Crippen LogP contribution in [0.4, 0.5) is 0 Å². The third-order valence-electron chi connectivity index (χ3n) is 8.88. The van der Waals surface area contributed by atoms with Crippen molar-refractivity contribution in [3.8, 4) is 11.1 Å². The average Bonchev–Trinajstić information content (AvgIpc) is 3.51. The summed E-state index contributed by atoms with van der Waals surface area (Å²) < 4.78 is 2.00. The van der Waals surface area contributed by atoms with E-state index in [9.17, 15) is 4.79 Å². The maximum Gasteiger partial charge on any atom is 0.195 e.